The topological polar surface area (TPSA) is 20.2 Å². The van der Waals surface area contributed by atoms with E-state index in [4.69, 9.17) is 11.6 Å². The zero-order valence-electron chi connectivity index (χ0n) is 10.3. The van der Waals surface area contributed by atoms with Crippen LogP contribution in [-0.2, 0) is 5.60 Å². The van der Waals surface area contributed by atoms with E-state index in [-0.39, 0.29) is 11.2 Å². The van der Waals surface area contributed by atoms with E-state index in [1.165, 1.54) is 18.2 Å². The number of hydrogen-bond donors (Lipinski definition) is 1. The maximum atomic E-state index is 13.3. The van der Waals surface area contributed by atoms with Crippen molar-refractivity contribution in [1.29, 1.82) is 0 Å². The van der Waals surface area contributed by atoms with Gasteiger partial charge in [-0.3, -0.25) is 0 Å². The molecule has 0 amide bonds. The third-order valence-corrected chi connectivity index (χ3v) is 3.97. The Labute approximate surface area is 107 Å². The van der Waals surface area contributed by atoms with Crippen LogP contribution in [0.4, 0.5) is 4.39 Å². The lowest BCUT2D eigenvalue weighted by Gasteiger charge is -2.42. The van der Waals surface area contributed by atoms with Crippen LogP contribution < -0.4 is 0 Å². The molecule has 0 saturated heterocycles. The summed E-state index contributed by atoms with van der Waals surface area (Å²) in [4.78, 5) is 0. The molecule has 1 atom stereocenters. The molecule has 0 radical (unpaired) electrons. The van der Waals surface area contributed by atoms with Gasteiger partial charge in [0.2, 0.25) is 0 Å². The molecule has 1 saturated carbocycles. The van der Waals surface area contributed by atoms with Crippen LogP contribution in [-0.4, -0.2) is 5.11 Å². The molecule has 17 heavy (non-hydrogen) atoms. The molecule has 1 aromatic carbocycles. The lowest BCUT2D eigenvalue weighted by atomic mass is 9.67. The quantitative estimate of drug-likeness (QED) is 0.796. The Balaban J connectivity index is 2.40. The van der Waals surface area contributed by atoms with Gasteiger partial charge in [0, 0.05) is 10.6 Å². The standard InChI is InChI=1S/C14H18ClFO/c1-13(2)6-3-7-14(17,9-13)11-8-10(16)4-5-12(11)15/h4-5,8,17H,3,6-7,9H2,1-2H3. The fourth-order valence-corrected chi connectivity index (χ4v) is 3.21. The largest absolute Gasteiger partial charge is 0.385 e. The van der Waals surface area contributed by atoms with Crippen molar-refractivity contribution in [3.05, 3.63) is 34.6 Å². The molecule has 0 aliphatic heterocycles. The molecule has 1 unspecified atom stereocenters. The maximum Gasteiger partial charge on any atom is 0.123 e. The number of rotatable bonds is 1. The minimum Gasteiger partial charge on any atom is -0.385 e. The Morgan fingerprint density at radius 1 is 1.29 bits per heavy atom. The van der Waals surface area contributed by atoms with Gasteiger partial charge in [-0.1, -0.05) is 25.4 Å². The second-order valence-corrected chi connectivity index (χ2v) is 6.26. The molecule has 0 aromatic heterocycles. The van der Waals surface area contributed by atoms with Gasteiger partial charge in [0.15, 0.2) is 0 Å². The highest BCUT2D eigenvalue weighted by Gasteiger charge is 2.40. The summed E-state index contributed by atoms with van der Waals surface area (Å²) >= 11 is 6.09. The van der Waals surface area contributed by atoms with Gasteiger partial charge in [0.1, 0.15) is 5.82 Å². The van der Waals surface area contributed by atoms with Crippen molar-refractivity contribution >= 4 is 11.6 Å². The third-order valence-electron chi connectivity index (χ3n) is 3.64. The summed E-state index contributed by atoms with van der Waals surface area (Å²) in [5.74, 6) is -0.346. The van der Waals surface area contributed by atoms with Crippen LogP contribution in [0.3, 0.4) is 0 Å². The van der Waals surface area contributed by atoms with E-state index in [0.29, 0.717) is 23.4 Å². The predicted molar refractivity (Wildman–Crippen MR) is 67.6 cm³/mol. The van der Waals surface area contributed by atoms with Crippen LogP contribution in [0.15, 0.2) is 18.2 Å². The maximum absolute atomic E-state index is 13.3. The van der Waals surface area contributed by atoms with Crippen molar-refractivity contribution in [2.24, 2.45) is 5.41 Å². The summed E-state index contributed by atoms with van der Waals surface area (Å²) in [6.45, 7) is 4.26. The molecule has 1 aliphatic carbocycles. The summed E-state index contributed by atoms with van der Waals surface area (Å²) in [7, 11) is 0. The van der Waals surface area contributed by atoms with Crippen LogP contribution >= 0.6 is 11.6 Å². The minimum atomic E-state index is -0.985. The van der Waals surface area contributed by atoms with Gasteiger partial charge in [-0.05, 0) is 49.3 Å². The molecule has 1 fully saturated rings. The minimum absolute atomic E-state index is 0.0721. The highest BCUT2D eigenvalue weighted by atomic mass is 35.5. The van der Waals surface area contributed by atoms with Gasteiger partial charge in [0.05, 0.1) is 5.60 Å². The van der Waals surface area contributed by atoms with Crippen molar-refractivity contribution in [2.75, 3.05) is 0 Å². The molecule has 94 valence electrons. The molecule has 0 spiro atoms. The molecule has 3 heteroatoms. The summed E-state index contributed by atoms with van der Waals surface area (Å²) in [5.41, 5.74) is -0.379. The second kappa shape index (κ2) is 4.25. The second-order valence-electron chi connectivity index (χ2n) is 5.85. The molecule has 0 bridgehead atoms. The highest BCUT2D eigenvalue weighted by molar-refractivity contribution is 6.31. The van der Waals surface area contributed by atoms with Crippen LogP contribution in [0, 0.1) is 11.2 Å². The van der Waals surface area contributed by atoms with Crippen LogP contribution in [0.1, 0.15) is 45.1 Å². The van der Waals surface area contributed by atoms with Crippen molar-refractivity contribution in [1.82, 2.24) is 0 Å². The first-order valence-corrected chi connectivity index (χ1v) is 6.38. The average Bonchev–Trinajstić information content (AvgIpc) is 2.19. The van der Waals surface area contributed by atoms with E-state index < -0.39 is 5.60 Å². The first-order valence-electron chi connectivity index (χ1n) is 6.00. The van der Waals surface area contributed by atoms with Crippen LogP contribution in [0.5, 0.6) is 0 Å². The molecule has 1 aromatic rings. The lowest BCUT2D eigenvalue weighted by Crippen LogP contribution is -2.36. The smallest absolute Gasteiger partial charge is 0.123 e. The highest BCUT2D eigenvalue weighted by Crippen LogP contribution is 2.47. The summed E-state index contributed by atoms with van der Waals surface area (Å²) < 4.78 is 13.3. The van der Waals surface area contributed by atoms with E-state index in [9.17, 15) is 9.50 Å². The fourth-order valence-electron chi connectivity index (χ4n) is 2.91. The molecule has 1 N–H and O–H groups in total. The van der Waals surface area contributed by atoms with Crippen molar-refractivity contribution in [2.45, 2.75) is 45.1 Å². The van der Waals surface area contributed by atoms with Crippen molar-refractivity contribution in [3.63, 3.8) is 0 Å². The molecule has 1 aliphatic rings. The SMILES string of the molecule is CC1(C)CCCC(O)(c2cc(F)ccc2Cl)C1. The van der Waals surface area contributed by atoms with E-state index in [0.717, 1.165) is 12.8 Å². The monoisotopic (exact) mass is 256 g/mol. The Bertz CT molecular complexity index is 430. The number of hydrogen-bond acceptors (Lipinski definition) is 1. The molecule has 1 nitrogen and oxygen atoms in total. The van der Waals surface area contributed by atoms with Crippen molar-refractivity contribution in [3.8, 4) is 0 Å². The van der Waals surface area contributed by atoms with Crippen molar-refractivity contribution < 1.29 is 9.50 Å². The van der Waals surface area contributed by atoms with Crippen LogP contribution in [0.2, 0.25) is 5.02 Å². The van der Waals surface area contributed by atoms with Gasteiger partial charge < -0.3 is 5.11 Å². The Morgan fingerprint density at radius 2 is 2.00 bits per heavy atom. The Hall–Kier alpha value is -0.600. The fraction of sp³-hybridized carbons (Fsp3) is 0.571. The zero-order valence-corrected chi connectivity index (χ0v) is 11.0. The predicted octanol–water partition coefficient (Wildman–Crippen LogP) is 4.27. The number of benzene rings is 1. The molecular formula is C14H18ClFO. The van der Waals surface area contributed by atoms with E-state index >= 15 is 0 Å². The molecular weight excluding hydrogens is 239 g/mol. The summed E-state index contributed by atoms with van der Waals surface area (Å²) in [5, 5.41) is 11.2. The zero-order chi connectivity index (χ0) is 12.7. The third kappa shape index (κ3) is 2.63. The van der Waals surface area contributed by atoms with Gasteiger partial charge in [-0.15, -0.1) is 0 Å². The van der Waals surface area contributed by atoms with E-state index in [2.05, 4.69) is 13.8 Å². The molecule has 2 rings (SSSR count). The van der Waals surface area contributed by atoms with E-state index in [1.807, 2.05) is 0 Å². The normalized spacial score (nSPS) is 28.1. The number of halogens is 2. The Morgan fingerprint density at radius 3 is 2.65 bits per heavy atom. The summed E-state index contributed by atoms with van der Waals surface area (Å²) in [6.07, 6.45) is 3.31. The average molecular weight is 257 g/mol. The van der Waals surface area contributed by atoms with Crippen LogP contribution in [0.25, 0.3) is 0 Å². The Kier molecular flexibility index (Phi) is 3.21. The van der Waals surface area contributed by atoms with Gasteiger partial charge in [-0.25, -0.2) is 4.39 Å². The lowest BCUT2D eigenvalue weighted by molar-refractivity contribution is -0.0441. The molecule has 0 heterocycles. The number of aliphatic hydroxyl groups is 1. The first-order chi connectivity index (χ1) is 7.82. The van der Waals surface area contributed by atoms with Gasteiger partial charge >= 0.3 is 0 Å². The first kappa shape index (κ1) is 12.8. The van der Waals surface area contributed by atoms with Gasteiger partial charge in [0.25, 0.3) is 0 Å². The van der Waals surface area contributed by atoms with E-state index in [1.54, 1.807) is 0 Å². The van der Waals surface area contributed by atoms with Gasteiger partial charge in [-0.2, -0.15) is 0 Å². The summed E-state index contributed by atoms with van der Waals surface area (Å²) in [6, 6.07) is 4.21.